The third-order valence-corrected chi connectivity index (χ3v) is 6.00. The molecule has 0 aliphatic carbocycles. The molecule has 1 heterocycles. The van der Waals surface area contributed by atoms with Gasteiger partial charge in [-0.05, 0) is 48.7 Å². The van der Waals surface area contributed by atoms with Crippen LogP contribution < -0.4 is 15.0 Å². The lowest BCUT2D eigenvalue weighted by atomic mass is 10.1. The Hall–Kier alpha value is -3.46. The van der Waals surface area contributed by atoms with E-state index in [1.54, 1.807) is 24.4 Å². The van der Waals surface area contributed by atoms with Gasteiger partial charge in [0.1, 0.15) is 5.82 Å². The normalized spacial score (nSPS) is 12.0. The lowest BCUT2D eigenvalue weighted by molar-refractivity contribution is -0.142. The molecule has 3 rings (SSSR count). The van der Waals surface area contributed by atoms with Crippen LogP contribution >= 0.6 is 15.9 Å². The Bertz CT molecular complexity index is 1330. The fourth-order valence-corrected chi connectivity index (χ4v) is 3.84. The van der Waals surface area contributed by atoms with Gasteiger partial charge in [0.2, 0.25) is 0 Å². The molecule has 35 heavy (non-hydrogen) atoms. The van der Waals surface area contributed by atoms with E-state index in [4.69, 9.17) is 14.5 Å². The summed E-state index contributed by atoms with van der Waals surface area (Å²) in [5, 5.41) is 5.00. The number of carbonyl (C=O) groups excluding carboxylic acids is 1. The highest BCUT2D eigenvalue weighted by Gasteiger charge is 2.17. The molecule has 0 saturated carbocycles. The summed E-state index contributed by atoms with van der Waals surface area (Å²) in [5.74, 6) is 0.941. The third-order valence-electron chi connectivity index (χ3n) is 5.51. The fourth-order valence-electron chi connectivity index (χ4n) is 3.47. The third kappa shape index (κ3) is 5.97. The van der Waals surface area contributed by atoms with Crippen molar-refractivity contribution in [1.29, 1.82) is 0 Å². The number of allylic oxidation sites excluding steroid dienone is 1. The van der Waals surface area contributed by atoms with Crippen molar-refractivity contribution in [1.82, 2.24) is 9.66 Å². The maximum atomic E-state index is 13.4. The van der Waals surface area contributed by atoms with E-state index in [0.29, 0.717) is 40.2 Å². The van der Waals surface area contributed by atoms with E-state index >= 15 is 0 Å². The summed E-state index contributed by atoms with van der Waals surface area (Å²) in [6.45, 7) is 7.59. The molecular weight excluding hydrogens is 514 g/mol. The van der Waals surface area contributed by atoms with Gasteiger partial charge in [-0.3, -0.25) is 4.79 Å². The molecule has 0 saturated heterocycles. The minimum Gasteiger partial charge on any atom is -0.493 e. The summed E-state index contributed by atoms with van der Waals surface area (Å²) in [6, 6.07) is 9.00. The summed E-state index contributed by atoms with van der Waals surface area (Å²) >= 11 is 3.42. The van der Waals surface area contributed by atoms with E-state index in [1.807, 2.05) is 32.0 Å². The van der Waals surface area contributed by atoms with Crippen LogP contribution in [-0.4, -0.2) is 42.7 Å². The number of carbonyl (C=O) groups is 1. The SMILES string of the molecule is C=CCc1cc(C=Nn2c([C@@H](C)CC)nc3ccc(Br)cc3c2=O)cc(OC)c1OCC(=O)OC. The molecule has 184 valence electrons. The number of aromatic nitrogens is 2. The van der Waals surface area contributed by atoms with Crippen LogP contribution in [0.5, 0.6) is 11.5 Å². The number of esters is 1. The number of hydrogen-bond acceptors (Lipinski definition) is 7. The van der Waals surface area contributed by atoms with Crippen LogP contribution in [0.1, 0.15) is 43.1 Å². The van der Waals surface area contributed by atoms with E-state index in [0.717, 1.165) is 16.5 Å². The Kier molecular flexibility index (Phi) is 8.81. The molecule has 0 aliphatic heterocycles. The molecule has 3 aromatic rings. The fraction of sp³-hybridized carbons (Fsp3) is 0.308. The molecule has 0 bridgehead atoms. The Balaban J connectivity index is 2.11. The number of hydrogen-bond donors (Lipinski definition) is 0. The average molecular weight is 542 g/mol. The first-order chi connectivity index (χ1) is 16.8. The van der Waals surface area contributed by atoms with Gasteiger partial charge >= 0.3 is 5.97 Å². The largest absolute Gasteiger partial charge is 0.493 e. The van der Waals surface area contributed by atoms with E-state index < -0.39 is 5.97 Å². The smallest absolute Gasteiger partial charge is 0.343 e. The molecule has 2 aromatic carbocycles. The number of benzene rings is 2. The van der Waals surface area contributed by atoms with Crippen molar-refractivity contribution in [3.63, 3.8) is 0 Å². The maximum Gasteiger partial charge on any atom is 0.343 e. The highest BCUT2D eigenvalue weighted by Crippen LogP contribution is 2.33. The Morgan fingerprint density at radius 3 is 2.71 bits per heavy atom. The zero-order valence-electron chi connectivity index (χ0n) is 20.2. The van der Waals surface area contributed by atoms with Crippen molar-refractivity contribution in [2.45, 2.75) is 32.6 Å². The lowest BCUT2D eigenvalue weighted by Crippen LogP contribution is -2.23. The Morgan fingerprint density at radius 1 is 1.29 bits per heavy atom. The van der Waals surface area contributed by atoms with Crippen LogP contribution in [0.25, 0.3) is 10.9 Å². The second-order valence-corrected chi connectivity index (χ2v) is 8.79. The van der Waals surface area contributed by atoms with Crippen LogP contribution in [-0.2, 0) is 16.0 Å². The minimum absolute atomic E-state index is 0.0212. The zero-order valence-corrected chi connectivity index (χ0v) is 21.8. The van der Waals surface area contributed by atoms with Gasteiger partial charge in [-0.1, -0.05) is 35.9 Å². The maximum absolute atomic E-state index is 13.4. The van der Waals surface area contributed by atoms with Crippen molar-refractivity contribution in [2.24, 2.45) is 5.10 Å². The second kappa shape index (κ2) is 11.8. The van der Waals surface area contributed by atoms with Gasteiger partial charge in [-0.2, -0.15) is 9.78 Å². The lowest BCUT2D eigenvalue weighted by Gasteiger charge is -2.16. The summed E-state index contributed by atoms with van der Waals surface area (Å²) in [5.41, 5.74) is 1.81. The van der Waals surface area contributed by atoms with Gasteiger partial charge in [0.05, 0.1) is 31.3 Å². The predicted molar refractivity (Wildman–Crippen MR) is 140 cm³/mol. The molecule has 0 amide bonds. The molecule has 0 spiro atoms. The Labute approximate surface area is 212 Å². The molecule has 0 aliphatic rings. The van der Waals surface area contributed by atoms with Gasteiger partial charge in [0.25, 0.3) is 5.56 Å². The number of fused-ring (bicyclic) bond motifs is 1. The van der Waals surface area contributed by atoms with Crippen molar-refractivity contribution in [3.05, 3.63) is 74.8 Å². The number of halogens is 1. The van der Waals surface area contributed by atoms with Gasteiger partial charge in [0.15, 0.2) is 18.1 Å². The number of ether oxygens (including phenoxy) is 3. The van der Waals surface area contributed by atoms with E-state index in [1.165, 1.54) is 18.9 Å². The molecule has 0 unspecified atom stereocenters. The first-order valence-electron chi connectivity index (χ1n) is 11.1. The summed E-state index contributed by atoms with van der Waals surface area (Å²) in [4.78, 5) is 29.7. The van der Waals surface area contributed by atoms with Crippen molar-refractivity contribution < 1.29 is 19.0 Å². The van der Waals surface area contributed by atoms with Crippen molar-refractivity contribution >= 4 is 39.0 Å². The monoisotopic (exact) mass is 541 g/mol. The van der Waals surface area contributed by atoms with Crippen molar-refractivity contribution in [3.8, 4) is 11.5 Å². The van der Waals surface area contributed by atoms with Crippen molar-refractivity contribution in [2.75, 3.05) is 20.8 Å². The van der Waals surface area contributed by atoms with Gasteiger partial charge in [0, 0.05) is 16.0 Å². The van der Waals surface area contributed by atoms with Crippen LogP contribution in [0.2, 0.25) is 0 Å². The average Bonchev–Trinajstić information content (AvgIpc) is 2.86. The van der Waals surface area contributed by atoms with E-state index in [2.05, 4.69) is 32.3 Å². The van der Waals surface area contributed by atoms with Crippen LogP contribution in [0.4, 0.5) is 0 Å². The number of nitrogens with zero attached hydrogens (tertiary/aromatic N) is 3. The highest BCUT2D eigenvalue weighted by molar-refractivity contribution is 9.10. The quantitative estimate of drug-likeness (QED) is 0.207. The molecule has 0 radical (unpaired) electrons. The Morgan fingerprint density at radius 2 is 2.06 bits per heavy atom. The van der Waals surface area contributed by atoms with Gasteiger partial charge in [-0.25, -0.2) is 9.78 Å². The van der Waals surface area contributed by atoms with Crippen LogP contribution in [0, 0.1) is 0 Å². The molecule has 0 fully saturated rings. The number of rotatable bonds is 10. The zero-order chi connectivity index (χ0) is 25.5. The molecule has 1 aromatic heterocycles. The molecule has 0 N–H and O–H groups in total. The molecule has 8 nitrogen and oxygen atoms in total. The summed E-state index contributed by atoms with van der Waals surface area (Å²) in [6.07, 6.45) is 4.57. The first-order valence-corrected chi connectivity index (χ1v) is 11.9. The highest BCUT2D eigenvalue weighted by atomic mass is 79.9. The molecule has 1 atom stereocenters. The van der Waals surface area contributed by atoms with E-state index in [9.17, 15) is 9.59 Å². The first kappa shape index (κ1) is 26.2. The molecule has 9 heteroatoms. The van der Waals surface area contributed by atoms with Gasteiger partial charge in [-0.15, -0.1) is 6.58 Å². The number of methoxy groups -OCH3 is 2. The van der Waals surface area contributed by atoms with Crippen LogP contribution in [0.3, 0.4) is 0 Å². The molecular formula is C26H28BrN3O5. The predicted octanol–water partition coefficient (Wildman–Crippen LogP) is 4.84. The standard InChI is InChI=1S/C26H28BrN3O5/c1-6-8-18-11-17(12-22(33-4)24(18)35-15-23(31)34-5)14-28-30-25(16(3)7-2)29-21-10-9-19(27)13-20(21)26(30)32/h6,9-14,16H,1,7-8,15H2,2-5H3/t16-/m0/s1. The topological polar surface area (TPSA) is 92.0 Å². The second-order valence-electron chi connectivity index (χ2n) is 7.87. The van der Waals surface area contributed by atoms with E-state index in [-0.39, 0.29) is 18.1 Å². The summed E-state index contributed by atoms with van der Waals surface area (Å²) in [7, 11) is 2.80. The van der Waals surface area contributed by atoms with Gasteiger partial charge < -0.3 is 14.2 Å². The summed E-state index contributed by atoms with van der Waals surface area (Å²) < 4.78 is 18.0. The van der Waals surface area contributed by atoms with Crippen LogP contribution in [0.15, 0.2) is 57.4 Å². The minimum atomic E-state index is -0.505.